The first-order valence-corrected chi connectivity index (χ1v) is 7.94. The van der Waals surface area contributed by atoms with Gasteiger partial charge in [-0.05, 0) is 24.6 Å². The Hall–Kier alpha value is -0.910. The first-order chi connectivity index (χ1) is 9.65. The highest BCUT2D eigenvalue weighted by Gasteiger charge is 2.29. The van der Waals surface area contributed by atoms with E-state index in [4.69, 9.17) is 0 Å². The van der Waals surface area contributed by atoms with Crippen molar-refractivity contribution in [3.05, 3.63) is 33.8 Å². The molecule has 4 nitrogen and oxygen atoms in total. The second-order valence-electron chi connectivity index (χ2n) is 5.60. The van der Waals surface area contributed by atoms with Crippen LogP contribution < -0.4 is 5.32 Å². The lowest BCUT2D eigenvalue weighted by Gasteiger charge is -2.43. The van der Waals surface area contributed by atoms with Crippen molar-refractivity contribution in [2.45, 2.75) is 13.0 Å². The van der Waals surface area contributed by atoms with E-state index < -0.39 is 0 Å². The number of hydrogen-bond donors (Lipinski definition) is 1. The smallest absolute Gasteiger partial charge is 0.253 e. The van der Waals surface area contributed by atoms with Crippen LogP contribution in [0.15, 0.2) is 22.7 Å². The van der Waals surface area contributed by atoms with E-state index in [0.717, 1.165) is 54.9 Å². The standard InChI is InChI=1S/C15H20BrN3O/c1-11-2-3-12(8-14(11)16)15(20)19-6-4-18(5-7-19)13-9-17-10-13/h2-3,8,13,17H,4-7,9-10H2,1H3. The molecule has 0 radical (unpaired) electrons. The maximum Gasteiger partial charge on any atom is 0.253 e. The van der Waals surface area contributed by atoms with Gasteiger partial charge in [-0.25, -0.2) is 0 Å². The second-order valence-corrected chi connectivity index (χ2v) is 6.46. The van der Waals surface area contributed by atoms with Crippen molar-refractivity contribution in [3.8, 4) is 0 Å². The van der Waals surface area contributed by atoms with E-state index in [2.05, 4.69) is 26.1 Å². The summed E-state index contributed by atoms with van der Waals surface area (Å²) in [6.07, 6.45) is 0. The summed E-state index contributed by atoms with van der Waals surface area (Å²) in [5.41, 5.74) is 1.94. The first kappa shape index (κ1) is 14.0. The summed E-state index contributed by atoms with van der Waals surface area (Å²) >= 11 is 3.50. The highest BCUT2D eigenvalue weighted by atomic mass is 79.9. The average Bonchev–Trinajstić information content (AvgIpc) is 2.40. The number of amides is 1. The van der Waals surface area contributed by atoms with Gasteiger partial charge in [0.25, 0.3) is 5.91 Å². The molecule has 1 N–H and O–H groups in total. The largest absolute Gasteiger partial charge is 0.336 e. The molecule has 2 fully saturated rings. The van der Waals surface area contributed by atoms with Crippen LogP contribution in [-0.4, -0.2) is 61.0 Å². The lowest BCUT2D eigenvalue weighted by molar-refractivity contribution is 0.0502. The minimum atomic E-state index is 0.150. The monoisotopic (exact) mass is 337 g/mol. The van der Waals surface area contributed by atoms with E-state index in [9.17, 15) is 4.79 Å². The molecule has 0 spiro atoms. The molecule has 2 saturated heterocycles. The Bertz CT molecular complexity index is 508. The summed E-state index contributed by atoms with van der Waals surface area (Å²) in [6, 6.07) is 6.53. The van der Waals surface area contributed by atoms with Gasteiger partial charge in [0, 0.05) is 55.3 Å². The Morgan fingerprint density at radius 2 is 1.95 bits per heavy atom. The summed E-state index contributed by atoms with van der Waals surface area (Å²) in [5.74, 6) is 0.150. The molecule has 2 aliphatic heterocycles. The predicted octanol–water partition coefficient (Wildman–Crippen LogP) is 1.49. The lowest BCUT2D eigenvalue weighted by atomic mass is 10.1. The number of carbonyl (C=O) groups is 1. The summed E-state index contributed by atoms with van der Waals surface area (Å²) in [7, 11) is 0. The normalized spacial score (nSPS) is 20.8. The predicted molar refractivity (Wildman–Crippen MR) is 83.0 cm³/mol. The first-order valence-electron chi connectivity index (χ1n) is 7.15. The molecular formula is C15H20BrN3O. The fraction of sp³-hybridized carbons (Fsp3) is 0.533. The molecule has 2 heterocycles. The van der Waals surface area contributed by atoms with Gasteiger partial charge in [0.15, 0.2) is 0 Å². The van der Waals surface area contributed by atoms with E-state index in [1.165, 1.54) is 0 Å². The SMILES string of the molecule is Cc1ccc(C(=O)N2CCN(C3CNC3)CC2)cc1Br. The molecule has 2 aliphatic rings. The third kappa shape index (κ3) is 2.75. The minimum Gasteiger partial charge on any atom is -0.336 e. The van der Waals surface area contributed by atoms with Gasteiger partial charge >= 0.3 is 0 Å². The molecule has 20 heavy (non-hydrogen) atoms. The summed E-state index contributed by atoms with van der Waals surface area (Å²) in [5, 5.41) is 3.30. The minimum absolute atomic E-state index is 0.150. The van der Waals surface area contributed by atoms with Crippen molar-refractivity contribution < 1.29 is 4.79 Å². The Labute approximate surface area is 128 Å². The molecule has 0 saturated carbocycles. The number of hydrogen-bond acceptors (Lipinski definition) is 3. The van der Waals surface area contributed by atoms with Crippen molar-refractivity contribution in [1.29, 1.82) is 0 Å². The third-order valence-electron chi connectivity index (χ3n) is 4.30. The van der Waals surface area contributed by atoms with Crippen LogP contribution >= 0.6 is 15.9 Å². The van der Waals surface area contributed by atoms with Crippen LogP contribution in [0.4, 0.5) is 0 Å². The van der Waals surface area contributed by atoms with Gasteiger partial charge in [-0.2, -0.15) is 0 Å². The van der Waals surface area contributed by atoms with Crippen molar-refractivity contribution in [2.75, 3.05) is 39.3 Å². The maximum absolute atomic E-state index is 12.5. The number of benzene rings is 1. The molecule has 0 aliphatic carbocycles. The number of aryl methyl sites for hydroxylation is 1. The van der Waals surface area contributed by atoms with Crippen LogP contribution in [0.3, 0.4) is 0 Å². The van der Waals surface area contributed by atoms with Crippen molar-refractivity contribution >= 4 is 21.8 Å². The molecule has 0 atom stereocenters. The summed E-state index contributed by atoms with van der Waals surface area (Å²) in [6.45, 7) is 7.87. The van der Waals surface area contributed by atoms with Crippen LogP contribution in [0.1, 0.15) is 15.9 Å². The second kappa shape index (κ2) is 5.84. The van der Waals surface area contributed by atoms with Crippen LogP contribution in [0, 0.1) is 6.92 Å². The van der Waals surface area contributed by atoms with Gasteiger partial charge in [-0.1, -0.05) is 22.0 Å². The maximum atomic E-state index is 12.5. The molecule has 1 aromatic rings. The summed E-state index contributed by atoms with van der Waals surface area (Å²) < 4.78 is 1.00. The van der Waals surface area contributed by atoms with Crippen LogP contribution in [-0.2, 0) is 0 Å². The van der Waals surface area contributed by atoms with Crippen LogP contribution in [0.25, 0.3) is 0 Å². The van der Waals surface area contributed by atoms with E-state index in [1.54, 1.807) is 0 Å². The molecule has 108 valence electrons. The summed E-state index contributed by atoms with van der Waals surface area (Å²) in [4.78, 5) is 17.0. The average molecular weight is 338 g/mol. The van der Waals surface area contributed by atoms with Gasteiger partial charge in [0.05, 0.1) is 0 Å². The fourth-order valence-electron chi connectivity index (χ4n) is 2.73. The third-order valence-corrected chi connectivity index (χ3v) is 5.15. The lowest BCUT2D eigenvalue weighted by Crippen LogP contribution is -2.62. The number of piperazine rings is 1. The van der Waals surface area contributed by atoms with Crippen molar-refractivity contribution in [1.82, 2.24) is 15.1 Å². The Morgan fingerprint density at radius 1 is 1.25 bits per heavy atom. The van der Waals surface area contributed by atoms with Gasteiger partial charge in [-0.15, -0.1) is 0 Å². The van der Waals surface area contributed by atoms with Crippen molar-refractivity contribution in [3.63, 3.8) is 0 Å². The molecule has 1 amide bonds. The number of carbonyl (C=O) groups excluding carboxylic acids is 1. The van der Waals surface area contributed by atoms with Gasteiger partial charge in [0.1, 0.15) is 0 Å². The number of nitrogens with zero attached hydrogens (tertiary/aromatic N) is 2. The van der Waals surface area contributed by atoms with Gasteiger partial charge in [-0.3, -0.25) is 9.69 Å². The fourth-order valence-corrected chi connectivity index (χ4v) is 3.11. The van der Waals surface area contributed by atoms with Gasteiger partial charge < -0.3 is 10.2 Å². The Morgan fingerprint density at radius 3 is 2.50 bits per heavy atom. The molecule has 3 rings (SSSR count). The highest BCUT2D eigenvalue weighted by molar-refractivity contribution is 9.10. The van der Waals surface area contributed by atoms with E-state index in [0.29, 0.717) is 6.04 Å². The Kier molecular flexibility index (Phi) is 4.10. The zero-order valence-corrected chi connectivity index (χ0v) is 13.3. The molecule has 0 unspecified atom stereocenters. The van der Waals surface area contributed by atoms with Crippen molar-refractivity contribution in [2.24, 2.45) is 0 Å². The molecule has 0 bridgehead atoms. The number of halogens is 1. The van der Waals surface area contributed by atoms with E-state index in [1.807, 2.05) is 30.0 Å². The zero-order valence-electron chi connectivity index (χ0n) is 11.7. The van der Waals surface area contributed by atoms with Gasteiger partial charge in [0.2, 0.25) is 0 Å². The number of nitrogens with one attached hydrogen (secondary N) is 1. The molecule has 5 heteroatoms. The van der Waals surface area contributed by atoms with E-state index >= 15 is 0 Å². The Balaban J connectivity index is 1.62. The van der Waals surface area contributed by atoms with Crippen LogP contribution in [0.5, 0.6) is 0 Å². The zero-order chi connectivity index (χ0) is 14.1. The number of rotatable bonds is 2. The molecule has 0 aromatic heterocycles. The molecule has 1 aromatic carbocycles. The van der Waals surface area contributed by atoms with Crippen LogP contribution in [0.2, 0.25) is 0 Å². The highest BCUT2D eigenvalue weighted by Crippen LogP contribution is 2.19. The molecular weight excluding hydrogens is 318 g/mol. The topological polar surface area (TPSA) is 35.6 Å². The quantitative estimate of drug-likeness (QED) is 0.888. The van der Waals surface area contributed by atoms with E-state index in [-0.39, 0.29) is 5.91 Å².